The van der Waals surface area contributed by atoms with Crippen LogP contribution in [-0.4, -0.2) is 41.5 Å². The first-order valence-corrected chi connectivity index (χ1v) is 5.92. The number of esters is 1. The summed E-state index contributed by atoms with van der Waals surface area (Å²) in [6, 6.07) is -0.872. The lowest BCUT2D eigenvalue weighted by Gasteiger charge is -2.16. The highest BCUT2D eigenvalue weighted by Gasteiger charge is 2.22. The zero-order valence-corrected chi connectivity index (χ0v) is 11.0. The average Bonchev–Trinajstić information content (AvgIpc) is 2.24. The minimum atomic E-state index is -0.973. The number of carbonyl (C=O) groups is 2. The molecule has 0 aromatic rings. The number of rotatable bonds is 8. The van der Waals surface area contributed by atoms with Crippen molar-refractivity contribution >= 4 is 24.5 Å². The first-order valence-electron chi connectivity index (χ1n) is 5.28. The normalized spacial score (nSPS) is 13.3. The van der Waals surface area contributed by atoms with Gasteiger partial charge in [-0.25, -0.2) is 4.79 Å². The van der Waals surface area contributed by atoms with Gasteiger partial charge in [-0.15, -0.1) is 10.1 Å². The third kappa shape index (κ3) is 6.94. The molecule has 0 spiro atoms. The molecule has 9 heteroatoms. The molecule has 0 heterocycles. The monoisotopic (exact) mass is 280 g/mol. The first kappa shape index (κ1) is 16.5. The van der Waals surface area contributed by atoms with Crippen LogP contribution in [0.2, 0.25) is 0 Å². The number of hydrogen-bond donors (Lipinski definition) is 2. The Balaban J connectivity index is 4.19. The summed E-state index contributed by atoms with van der Waals surface area (Å²) < 4.78 is 4.72. The standard InChI is InChI=1S/C9H16N2O6S/c1-3-16-9(13)7(5-18)10-8(12)4-6(2)17-11(14)15/h6-7,18H,3-5H2,1-2H3,(H,10,12). The van der Waals surface area contributed by atoms with Crippen LogP contribution in [0.5, 0.6) is 0 Å². The summed E-state index contributed by atoms with van der Waals surface area (Å²) in [5.41, 5.74) is 0. The lowest BCUT2D eigenvalue weighted by molar-refractivity contribution is -0.767. The Bertz CT molecular complexity index is 311. The van der Waals surface area contributed by atoms with Crippen molar-refractivity contribution in [3.63, 3.8) is 0 Å². The SMILES string of the molecule is CCOC(=O)C(CS)NC(=O)CC(C)O[N+](=O)[O-]. The molecule has 0 saturated heterocycles. The fourth-order valence-corrected chi connectivity index (χ4v) is 1.36. The van der Waals surface area contributed by atoms with Crippen LogP contribution in [0, 0.1) is 10.1 Å². The van der Waals surface area contributed by atoms with E-state index >= 15 is 0 Å². The molecule has 0 radical (unpaired) electrons. The topological polar surface area (TPSA) is 108 Å². The van der Waals surface area contributed by atoms with E-state index in [1.54, 1.807) is 6.92 Å². The van der Waals surface area contributed by atoms with Gasteiger partial charge in [-0.1, -0.05) is 0 Å². The fourth-order valence-electron chi connectivity index (χ4n) is 1.12. The van der Waals surface area contributed by atoms with Crippen LogP contribution in [0.4, 0.5) is 0 Å². The number of nitrogens with zero attached hydrogens (tertiary/aromatic N) is 1. The van der Waals surface area contributed by atoms with E-state index in [9.17, 15) is 19.7 Å². The molecule has 2 unspecified atom stereocenters. The second-order valence-electron chi connectivity index (χ2n) is 3.40. The molecule has 0 aliphatic rings. The van der Waals surface area contributed by atoms with Crippen molar-refractivity contribution in [2.45, 2.75) is 32.4 Å². The molecular formula is C9H16N2O6S. The van der Waals surface area contributed by atoms with E-state index in [-0.39, 0.29) is 18.8 Å². The van der Waals surface area contributed by atoms with Crippen molar-refractivity contribution in [3.05, 3.63) is 10.1 Å². The van der Waals surface area contributed by atoms with E-state index in [1.165, 1.54) is 6.92 Å². The summed E-state index contributed by atoms with van der Waals surface area (Å²) in [7, 11) is 0. The molecule has 0 fully saturated rings. The Morgan fingerprint density at radius 1 is 1.50 bits per heavy atom. The molecule has 0 aromatic carbocycles. The van der Waals surface area contributed by atoms with Crippen LogP contribution in [0.3, 0.4) is 0 Å². The second kappa shape index (κ2) is 8.56. The Labute approximate surface area is 110 Å². The lowest BCUT2D eigenvalue weighted by Crippen LogP contribution is -2.44. The van der Waals surface area contributed by atoms with Gasteiger partial charge in [0.25, 0.3) is 5.09 Å². The Morgan fingerprint density at radius 2 is 2.11 bits per heavy atom. The van der Waals surface area contributed by atoms with E-state index in [0.717, 1.165) is 0 Å². The predicted molar refractivity (Wildman–Crippen MR) is 64.6 cm³/mol. The number of nitrogens with one attached hydrogen (secondary N) is 1. The zero-order chi connectivity index (χ0) is 14.1. The molecule has 104 valence electrons. The summed E-state index contributed by atoms with van der Waals surface area (Å²) in [4.78, 5) is 37.0. The largest absolute Gasteiger partial charge is 0.464 e. The molecule has 0 rings (SSSR count). The molecule has 1 N–H and O–H groups in total. The smallest absolute Gasteiger partial charge is 0.329 e. The molecule has 8 nitrogen and oxygen atoms in total. The number of thiol groups is 1. The number of amides is 1. The van der Waals surface area contributed by atoms with Gasteiger partial charge < -0.3 is 14.9 Å². The van der Waals surface area contributed by atoms with Gasteiger partial charge in [0, 0.05) is 5.75 Å². The van der Waals surface area contributed by atoms with Crippen LogP contribution >= 0.6 is 12.6 Å². The Kier molecular flexibility index (Phi) is 7.84. The van der Waals surface area contributed by atoms with Crippen molar-refractivity contribution < 1.29 is 24.3 Å². The highest BCUT2D eigenvalue weighted by Crippen LogP contribution is 2.00. The van der Waals surface area contributed by atoms with E-state index in [2.05, 4.69) is 22.8 Å². The van der Waals surface area contributed by atoms with Crippen LogP contribution in [0.25, 0.3) is 0 Å². The van der Waals surface area contributed by atoms with Gasteiger partial charge in [-0.05, 0) is 13.8 Å². The van der Waals surface area contributed by atoms with Gasteiger partial charge in [0.05, 0.1) is 13.0 Å². The predicted octanol–water partition coefficient (Wildman–Crippen LogP) is -0.0490. The molecule has 0 aliphatic heterocycles. The van der Waals surface area contributed by atoms with Gasteiger partial charge in [-0.3, -0.25) is 4.79 Å². The maximum absolute atomic E-state index is 11.5. The van der Waals surface area contributed by atoms with Crippen LogP contribution in [-0.2, 0) is 19.2 Å². The average molecular weight is 280 g/mol. The molecule has 0 bridgehead atoms. The first-order chi connectivity index (χ1) is 8.40. The van der Waals surface area contributed by atoms with Crippen molar-refractivity contribution in [1.82, 2.24) is 5.32 Å². The quantitative estimate of drug-likeness (QED) is 0.279. The van der Waals surface area contributed by atoms with E-state index in [4.69, 9.17) is 4.74 Å². The van der Waals surface area contributed by atoms with Gasteiger partial charge in [0.2, 0.25) is 5.91 Å². The van der Waals surface area contributed by atoms with Gasteiger partial charge in [0.1, 0.15) is 12.1 Å². The van der Waals surface area contributed by atoms with Crippen molar-refractivity contribution in [1.29, 1.82) is 0 Å². The maximum Gasteiger partial charge on any atom is 0.329 e. The molecule has 0 aromatic heterocycles. The number of hydrogen-bond acceptors (Lipinski definition) is 7. The van der Waals surface area contributed by atoms with Crippen LogP contribution in [0.1, 0.15) is 20.3 Å². The van der Waals surface area contributed by atoms with Crippen molar-refractivity contribution in [2.24, 2.45) is 0 Å². The number of carbonyl (C=O) groups excluding carboxylic acids is 2. The van der Waals surface area contributed by atoms with Crippen LogP contribution < -0.4 is 5.32 Å². The molecule has 18 heavy (non-hydrogen) atoms. The highest BCUT2D eigenvalue weighted by molar-refractivity contribution is 7.80. The molecular weight excluding hydrogens is 264 g/mol. The minimum Gasteiger partial charge on any atom is -0.464 e. The summed E-state index contributed by atoms with van der Waals surface area (Å²) >= 11 is 3.91. The van der Waals surface area contributed by atoms with Gasteiger partial charge >= 0.3 is 5.97 Å². The second-order valence-corrected chi connectivity index (χ2v) is 3.76. The van der Waals surface area contributed by atoms with Gasteiger partial charge in [0.15, 0.2) is 0 Å². The fraction of sp³-hybridized carbons (Fsp3) is 0.778. The Morgan fingerprint density at radius 3 is 2.56 bits per heavy atom. The Hall–Kier alpha value is -1.51. The zero-order valence-electron chi connectivity index (χ0n) is 10.1. The minimum absolute atomic E-state index is 0.0784. The summed E-state index contributed by atoms with van der Waals surface area (Å²) in [6.45, 7) is 3.21. The van der Waals surface area contributed by atoms with Crippen molar-refractivity contribution in [2.75, 3.05) is 12.4 Å². The summed E-state index contributed by atoms with van der Waals surface area (Å²) in [6.07, 6.45) is -1.12. The lowest BCUT2D eigenvalue weighted by atomic mass is 10.2. The maximum atomic E-state index is 11.5. The molecule has 1 amide bonds. The summed E-state index contributed by atoms with van der Waals surface area (Å²) in [5, 5.41) is 11.4. The molecule has 0 aliphatic carbocycles. The number of ether oxygens (including phenoxy) is 1. The molecule has 2 atom stereocenters. The van der Waals surface area contributed by atoms with Crippen LogP contribution in [0.15, 0.2) is 0 Å². The third-order valence-electron chi connectivity index (χ3n) is 1.83. The van der Waals surface area contributed by atoms with E-state index in [0.29, 0.717) is 0 Å². The highest BCUT2D eigenvalue weighted by atomic mass is 32.1. The van der Waals surface area contributed by atoms with E-state index < -0.39 is 29.1 Å². The van der Waals surface area contributed by atoms with Gasteiger partial charge in [-0.2, -0.15) is 12.6 Å². The molecule has 0 saturated carbocycles. The third-order valence-corrected chi connectivity index (χ3v) is 2.19. The van der Waals surface area contributed by atoms with Crippen molar-refractivity contribution in [3.8, 4) is 0 Å². The van der Waals surface area contributed by atoms with E-state index in [1.807, 2.05) is 0 Å². The summed E-state index contributed by atoms with van der Waals surface area (Å²) in [5.74, 6) is -1.06.